The molecule has 1 heterocycles. The van der Waals surface area contributed by atoms with Gasteiger partial charge in [-0.2, -0.15) is 11.8 Å². The van der Waals surface area contributed by atoms with Gasteiger partial charge in [-0.15, -0.1) is 10.2 Å². The zero-order valence-electron chi connectivity index (χ0n) is 15.8. The molecular weight excluding hydrogens is 336 g/mol. The minimum atomic E-state index is 0.521. The van der Waals surface area contributed by atoms with E-state index in [-0.39, 0.29) is 0 Å². The number of nitrogens with one attached hydrogen (secondary N) is 2. The fourth-order valence-electron chi connectivity index (χ4n) is 2.25. The number of guanidine groups is 1. The monoisotopic (exact) mass is 368 g/mol. The van der Waals surface area contributed by atoms with E-state index in [1.165, 1.54) is 12.8 Å². The standard InChI is InChI=1S/C17H32N6OS/c1-14-21-22-16(23(14)2)12-20-17(19-9-5-11-25-3)18-8-4-10-24-13-15-6-7-15/h15H,4-13H2,1-3H3,(H2,18,19,20). The fourth-order valence-corrected chi connectivity index (χ4v) is 2.68. The molecule has 1 aliphatic carbocycles. The second kappa shape index (κ2) is 11.4. The quantitative estimate of drug-likeness (QED) is 0.332. The summed E-state index contributed by atoms with van der Waals surface area (Å²) in [4.78, 5) is 4.65. The van der Waals surface area contributed by atoms with E-state index in [4.69, 9.17) is 4.74 Å². The summed E-state index contributed by atoms with van der Waals surface area (Å²) in [6.07, 6.45) is 6.93. The van der Waals surface area contributed by atoms with Crippen molar-refractivity contribution in [3.8, 4) is 0 Å². The average molecular weight is 369 g/mol. The summed E-state index contributed by atoms with van der Waals surface area (Å²) in [6.45, 7) is 5.99. The van der Waals surface area contributed by atoms with Crippen LogP contribution in [0.5, 0.6) is 0 Å². The van der Waals surface area contributed by atoms with Gasteiger partial charge in [0.1, 0.15) is 12.4 Å². The molecular formula is C17H32N6OS. The molecule has 0 aromatic carbocycles. The van der Waals surface area contributed by atoms with E-state index < -0.39 is 0 Å². The van der Waals surface area contributed by atoms with Gasteiger partial charge in [0, 0.05) is 33.4 Å². The Bertz CT molecular complexity index is 529. The molecule has 1 aromatic rings. The van der Waals surface area contributed by atoms with Crippen molar-refractivity contribution in [1.29, 1.82) is 0 Å². The van der Waals surface area contributed by atoms with Crippen molar-refractivity contribution in [2.45, 2.75) is 39.2 Å². The Morgan fingerprint density at radius 2 is 2.04 bits per heavy atom. The Hall–Kier alpha value is -1.28. The van der Waals surface area contributed by atoms with Crippen LogP contribution in [0.4, 0.5) is 0 Å². The van der Waals surface area contributed by atoms with E-state index in [1.807, 2.05) is 30.3 Å². The van der Waals surface area contributed by atoms with Gasteiger partial charge in [0.2, 0.25) is 0 Å². The van der Waals surface area contributed by atoms with Crippen LogP contribution in [-0.2, 0) is 18.3 Å². The van der Waals surface area contributed by atoms with Gasteiger partial charge in [-0.3, -0.25) is 0 Å². The van der Waals surface area contributed by atoms with Crippen LogP contribution in [0.25, 0.3) is 0 Å². The second-order valence-corrected chi connectivity index (χ2v) is 7.44. The second-order valence-electron chi connectivity index (χ2n) is 6.46. The van der Waals surface area contributed by atoms with Gasteiger partial charge >= 0.3 is 0 Å². The predicted octanol–water partition coefficient (Wildman–Crippen LogP) is 1.73. The van der Waals surface area contributed by atoms with Crippen molar-refractivity contribution in [2.24, 2.45) is 18.0 Å². The zero-order valence-corrected chi connectivity index (χ0v) is 16.6. The summed E-state index contributed by atoms with van der Waals surface area (Å²) < 4.78 is 7.65. The molecule has 0 radical (unpaired) electrons. The first-order valence-corrected chi connectivity index (χ1v) is 10.5. The lowest BCUT2D eigenvalue weighted by Gasteiger charge is -2.12. The SMILES string of the molecule is CSCCCNC(=NCc1nnc(C)n1C)NCCCOCC1CC1. The molecule has 0 aliphatic heterocycles. The van der Waals surface area contributed by atoms with E-state index >= 15 is 0 Å². The average Bonchev–Trinajstić information content (AvgIpc) is 3.38. The van der Waals surface area contributed by atoms with Gasteiger partial charge in [0.05, 0.1) is 0 Å². The lowest BCUT2D eigenvalue weighted by atomic mass is 10.4. The van der Waals surface area contributed by atoms with E-state index in [0.717, 1.165) is 68.4 Å². The van der Waals surface area contributed by atoms with Gasteiger partial charge in [-0.05, 0) is 50.5 Å². The molecule has 0 amide bonds. The van der Waals surface area contributed by atoms with Gasteiger partial charge in [-0.1, -0.05) is 0 Å². The number of nitrogens with zero attached hydrogens (tertiary/aromatic N) is 4. The molecule has 2 rings (SSSR count). The highest BCUT2D eigenvalue weighted by atomic mass is 32.2. The number of aromatic nitrogens is 3. The van der Waals surface area contributed by atoms with E-state index in [9.17, 15) is 0 Å². The first-order chi connectivity index (χ1) is 12.2. The smallest absolute Gasteiger partial charge is 0.191 e. The van der Waals surface area contributed by atoms with Crippen molar-refractivity contribution < 1.29 is 4.74 Å². The number of hydrogen-bond acceptors (Lipinski definition) is 5. The first-order valence-electron chi connectivity index (χ1n) is 9.14. The lowest BCUT2D eigenvalue weighted by Crippen LogP contribution is -2.39. The molecule has 0 unspecified atom stereocenters. The molecule has 25 heavy (non-hydrogen) atoms. The summed E-state index contributed by atoms with van der Waals surface area (Å²) in [5.41, 5.74) is 0. The molecule has 1 aliphatic rings. The van der Waals surface area contributed by atoms with Crippen LogP contribution in [-0.4, -0.2) is 59.0 Å². The maximum atomic E-state index is 5.68. The maximum absolute atomic E-state index is 5.68. The number of rotatable bonds is 12. The van der Waals surface area contributed by atoms with Crippen molar-refractivity contribution in [1.82, 2.24) is 25.4 Å². The highest BCUT2D eigenvalue weighted by Crippen LogP contribution is 2.28. The normalized spacial score (nSPS) is 14.8. The van der Waals surface area contributed by atoms with Gasteiger partial charge < -0.3 is 19.9 Å². The van der Waals surface area contributed by atoms with Crippen LogP contribution in [0.15, 0.2) is 4.99 Å². The van der Waals surface area contributed by atoms with Crippen LogP contribution in [0.2, 0.25) is 0 Å². The number of aliphatic imine (C=N–C) groups is 1. The van der Waals surface area contributed by atoms with Crippen LogP contribution >= 0.6 is 11.8 Å². The Balaban J connectivity index is 1.72. The first kappa shape index (κ1) is 20.0. The third kappa shape index (κ3) is 8.09. The Labute approximate surface area is 155 Å². The largest absolute Gasteiger partial charge is 0.381 e. The van der Waals surface area contributed by atoms with Gasteiger partial charge in [0.15, 0.2) is 11.8 Å². The van der Waals surface area contributed by atoms with Crippen LogP contribution in [0.3, 0.4) is 0 Å². The molecule has 1 saturated carbocycles. The van der Waals surface area contributed by atoms with E-state index in [1.54, 1.807) is 0 Å². The van der Waals surface area contributed by atoms with Crippen molar-refractivity contribution in [3.05, 3.63) is 11.6 Å². The number of aryl methyl sites for hydroxylation is 1. The van der Waals surface area contributed by atoms with Crippen molar-refractivity contribution in [2.75, 3.05) is 38.3 Å². The molecule has 0 bridgehead atoms. The number of thioether (sulfide) groups is 1. The Kier molecular flexibility index (Phi) is 9.10. The maximum Gasteiger partial charge on any atom is 0.191 e. The van der Waals surface area contributed by atoms with E-state index in [0.29, 0.717) is 6.54 Å². The minimum Gasteiger partial charge on any atom is -0.381 e. The van der Waals surface area contributed by atoms with Crippen LogP contribution in [0, 0.1) is 12.8 Å². The highest BCUT2D eigenvalue weighted by Gasteiger charge is 2.20. The lowest BCUT2D eigenvalue weighted by molar-refractivity contribution is 0.123. The molecule has 1 fully saturated rings. The van der Waals surface area contributed by atoms with Gasteiger partial charge in [-0.25, -0.2) is 4.99 Å². The summed E-state index contributed by atoms with van der Waals surface area (Å²) in [5, 5.41) is 15.0. The van der Waals surface area contributed by atoms with Crippen LogP contribution in [0.1, 0.15) is 37.3 Å². The Morgan fingerprint density at radius 3 is 2.68 bits per heavy atom. The van der Waals surface area contributed by atoms with Crippen molar-refractivity contribution in [3.63, 3.8) is 0 Å². The highest BCUT2D eigenvalue weighted by molar-refractivity contribution is 7.98. The topological polar surface area (TPSA) is 76.4 Å². The Morgan fingerprint density at radius 1 is 1.28 bits per heavy atom. The number of hydrogen-bond donors (Lipinski definition) is 2. The summed E-state index contributed by atoms with van der Waals surface area (Å²) >= 11 is 1.86. The molecule has 7 nitrogen and oxygen atoms in total. The third-order valence-electron chi connectivity index (χ3n) is 4.19. The molecule has 142 valence electrons. The molecule has 0 saturated heterocycles. The fraction of sp³-hybridized carbons (Fsp3) is 0.824. The predicted molar refractivity (Wildman–Crippen MR) is 104 cm³/mol. The van der Waals surface area contributed by atoms with Crippen LogP contribution < -0.4 is 10.6 Å². The van der Waals surface area contributed by atoms with Crippen molar-refractivity contribution >= 4 is 17.7 Å². The molecule has 2 N–H and O–H groups in total. The van der Waals surface area contributed by atoms with E-state index in [2.05, 4.69) is 32.1 Å². The summed E-state index contributed by atoms with van der Waals surface area (Å²) in [7, 11) is 1.97. The summed E-state index contributed by atoms with van der Waals surface area (Å²) in [6, 6.07) is 0. The molecule has 1 aromatic heterocycles. The third-order valence-corrected chi connectivity index (χ3v) is 4.88. The zero-order chi connectivity index (χ0) is 17.9. The number of ether oxygens (including phenoxy) is 1. The molecule has 0 atom stereocenters. The molecule has 0 spiro atoms. The minimum absolute atomic E-state index is 0.521. The van der Waals surface area contributed by atoms with Gasteiger partial charge in [0.25, 0.3) is 0 Å². The molecule has 8 heteroatoms. The summed E-state index contributed by atoms with van der Waals surface area (Å²) in [5.74, 6) is 4.59.